The highest BCUT2D eigenvalue weighted by Crippen LogP contribution is 2.24. The highest BCUT2D eigenvalue weighted by Gasteiger charge is 2.24. The number of hydrogen-bond acceptors (Lipinski definition) is 3. The first-order valence-corrected chi connectivity index (χ1v) is 8.50. The molecule has 0 fully saturated rings. The van der Waals surface area contributed by atoms with E-state index < -0.39 is 0 Å². The van der Waals surface area contributed by atoms with Gasteiger partial charge in [-0.1, -0.05) is 30.4 Å². The van der Waals surface area contributed by atoms with Crippen LogP contribution in [0.4, 0.5) is 0 Å². The molecule has 124 valence electrons. The molecule has 1 aromatic carbocycles. The summed E-state index contributed by atoms with van der Waals surface area (Å²) in [7, 11) is 0. The molecular weight excluding hydrogens is 302 g/mol. The van der Waals surface area contributed by atoms with Gasteiger partial charge in [-0.3, -0.25) is 14.5 Å². The Balaban J connectivity index is 1.59. The molecule has 2 aromatic rings. The van der Waals surface area contributed by atoms with Crippen LogP contribution in [0.5, 0.6) is 0 Å². The van der Waals surface area contributed by atoms with E-state index in [1.165, 1.54) is 0 Å². The Labute approximate surface area is 140 Å². The number of H-pyrrole nitrogens is 1. The quantitative estimate of drug-likeness (QED) is 0.856. The molecule has 0 radical (unpaired) electrons. The number of hydrogen-bond donors (Lipinski definition) is 1. The van der Waals surface area contributed by atoms with E-state index in [9.17, 15) is 9.59 Å². The van der Waals surface area contributed by atoms with E-state index >= 15 is 0 Å². The van der Waals surface area contributed by atoms with Crippen molar-refractivity contribution >= 4 is 16.7 Å². The van der Waals surface area contributed by atoms with Crippen LogP contribution in [0, 0.1) is 0 Å². The van der Waals surface area contributed by atoms with Gasteiger partial charge in [0.15, 0.2) is 0 Å². The molecule has 3 heterocycles. The molecule has 0 aliphatic carbocycles. The van der Waals surface area contributed by atoms with Crippen molar-refractivity contribution in [3.05, 3.63) is 58.0 Å². The van der Waals surface area contributed by atoms with E-state index in [-0.39, 0.29) is 11.5 Å². The van der Waals surface area contributed by atoms with Crippen molar-refractivity contribution < 1.29 is 4.79 Å². The molecule has 24 heavy (non-hydrogen) atoms. The molecule has 5 nitrogen and oxygen atoms in total. The van der Waals surface area contributed by atoms with Gasteiger partial charge >= 0.3 is 0 Å². The third kappa shape index (κ3) is 2.76. The van der Waals surface area contributed by atoms with Crippen LogP contribution in [0.2, 0.25) is 0 Å². The zero-order valence-corrected chi connectivity index (χ0v) is 13.6. The molecule has 0 spiro atoms. The van der Waals surface area contributed by atoms with Crippen molar-refractivity contribution in [1.82, 2.24) is 14.8 Å². The molecule has 4 rings (SSSR count). The molecule has 1 aromatic heterocycles. The number of aromatic amines is 1. The van der Waals surface area contributed by atoms with Crippen LogP contribution in [0.3, 0.4) is 0 Å². The van der Waals surface area contributed by atoms with Crippen molar-refractivity contribution in [3.63, 3.8) is 0 Å². The van der Waals surface area contributed by atoms with Crippen LogP contribution in [-0.4, -0.2) is 46.9 Å². The Morgan fingerprint density at radius 2 is 1.96 bits per heavy atom. The van der Waals surface area contributed by atoms with E-state index in [0.29, 0.717) is 31.4 Å². The highest BCUT2D eigenvalue weighted by molar-refractivity contribution is 5.86. The standard InChI is InChI=1S/C19H21N3O2/c23-18(13-21-9-4-1-5-10-21)22-11-8-17-16(12-22)14-6-2-3-7-15(14)19(24)20-17/h1-4,6-7H,5,8-13H2,(H,20,24). The molecule has 2 aliphatic heterocycles. The second kappa shape index (κ2) is 6.24. The van der Waals surface area contributed by atoms with Gasteiger partial charge in [-0.15, -0.1) is 0 Å². The van der Waals surface area contributed by atoms with Crippen molar-refractivity contribution in [2.75, 3.05) is 26.2 Å². The molecule has 0 bridgehead atoms. The molecular formula is C19H21N3O2. The van der Waals surface area contributed by atoms with Gasteiger partial charge in [-0.2, -0.15) is 0 Å². The Morgan fingerprint density at radius 1 is 1.12 bits per heavy atom. The molecule has 0 unspecified atom stereocenters. The number of nitrogens with zero attached hydrogens (tertiary/aromatic N) is 2. The smallest absolute Gasteiger partial charge is 0.256 e. The van der Waals surface area contributed by atoms with E-state index in [1.54, 1.807) is 0 Å². The number of pyridine rings is 1. The Morgan fingerprint density at radius 3 is 2.75 bits per heavy atom. The minimum absolute atomic E-state index is 0.0377. The maximum absolute atomic E-state index is 12.7. The molecule has 1 amide bonds. The summed E-state index contributed by atoms with van der Waals surface area (Å²) < 4.78 is 0. The number of amides is 1. The minimum atomic E-state index is -0.0377. The van der Waals surface area contributed by atoms with Gasteiger partial charge in [-0.25, -0.2) is 0 Å². The third-order valence-corrected chi connectivity index (χ3v) is 4.96. The lowest BCUT2D eigenvalue weighted by Crippen LogP contribution is -2.44. The van der Waals surface area contributed by atoms with Crippen molar-refractivity contribution in [2.45, 2.75) is 19.4 Å². The largest absolute Gasteiger partial charge is 0.337 e. The predicted molar refractivity (Wildman–Crippen MR) is 93.9 cm³/mol. The summed E-state index contributed by atoms with van der Waals surface area (Å²) in [6, 6.07) is 7.64. The van der Waals surface area contributed by atoms with E-state index in [4.69, 9.17) is 0 Å². The summed E-state index contributed by atoms with van der Waals surface area (Å²) in [4.78, 5) is 32.0. The molecule has 0 saturated carbocycles. The number of aromatic nitrogens is 1. The molecule has 0 atom stereocenters. The van der Waals surface area contributed by atoms with Crippen LogP contribution in [-0.2, 0) is 17.8 Å². The second-order valence-electron chi connectivity index (χ2n) is 6.52. The maximum Gasteiger partial charge on any atom is 0.256 e. The van der Waals surface area contributed by atoms with Gasteiger partial charge in [0.25, 0.3) is 5.56 Å². The number of rotatable bonds is 2. The summed E-state index contributed by atoms with van der Waals surface area (Å²) in [6.07, 6.45) is 6.02. The third-order valence-electron chi connectivity index (χ3n) is 4.96. The summed E-state index contributed by atoms with van der Waals surface area (Å²) >= 11 is 0. The summed E-state index contributed by atoms with van der Waals surface area (Å²) in [5, 5.41) is 1.67. The van der Waals surface area contributed by atoms with Crippen molar-refractivity contribution in [1.29, 1.82) is 0 Å². The summed E-state index contributed by atoms with van der Waals surface area (Å²) in [5.41, 5.74) is 2.02. The average molecular weight is 323 g/mol. The molecule has 2 aliphatic rings. The molecule has 5 heteroatoms. The van der Waals surface area contributed by atoms with Gasteiger partial charge in [0.1, 0.15) is 0 Å². The first-order chi connectivity index (χ1) is 11.7. The van der Waals surface area contributed by atoms with Crippen LogP contribution in [0.15, 0.2) is 41.2 Å². The van der Waals surface area contributed by atoms with Crippen molar-refractivity contribution in [2.24, 2.45) is 0 Å². The summed E-state index contributed by atoms with van der Waals surface area (Å²) in [5.74, 6) is 0.172. The first kappa shape index (κ1) is 15.1. The Hall–Kier alpha value is -2.40. The van der Waals surface area contributed by atoms with Crippen LogP contribution < -0.4 is 5.56 Å². The fraction of sp³-hybridized carbons (Fsp3) is 0.368. The lowest BCUT2D eigenvalue weighted by atomic mass is 9.99. The lowest BCUT2D eigenvalue weighted by molar-refractivity contribution is -0.133. The Kier molecular flexibility index (Phi) is 3.94. The SMILES string of the molecule is O=C(CN1CC=CCC1)N1CCc2[nH]c(=O)c3ccccc3c2C1. The summed E-state index contributed by atoms with van der Waals surface area (Å²) in [6.45, 7) is 3.52. The van der Waals surface area contributed by atoms with Crippen LogP contribution >= 0.6 is 0 Å². The van der Waals surface area contributed by atoms with E-state index in [0.717, 1.165) is 36.2 Å². The lowest BCUT2D eigenvalue weighted by Gasteiger charge is -2.32. The van der Waals surface area contributed by atoms with Crippen molar-refractivity contribution in [3.8, 4) is 0 Å². The molecule has 1 N–H and O–H groups in total. The topological polar surface area (TPSA) is 56.4 Å². The van der Waals surface area contributed by atoms with E-state index in [1.807, 2.05) is 29.2 Å². The minimum Gasteiger partial charge on any atom is -0.337 e. The van der Waals surface area contributed by atoms with Gasteiger partial charge < -0.3 is 9.88 Å². The number of carbonyl (C=O) groups excluding carboxylic acids is 1. The van der Waals surface area contributed by atoms with Crippen LogP contribution in [0.25, 0.3) is 10.8 Å². The maximum atomic E-state index is 12.7. The Bertz CT molecular complexity index is 869. The average Bonchev–Trinajstić information content (AvgIpc) is 2.62. The fourth-order valence-corrected chi connectivity index (χ4v) is 3.63. The number of carbonyl (C=O) groups is 1. The van der Waals surface area contributed by atoms with Gasteiger partial charge in [0.05, 0.1) is 6.54 Å². The molecule has 0 saturated heterocycles. The normalized spacial score (nSPS) is 17.9. The van der Waals surface area contributed by atoms with Gasteiger partial charge in [0, 0.05) is 43.7 Å². The first-order valence-electron chi connectivity index (χ1n) is 8.50. The predicted octanol–water partition coefficient (Wildman–Crippen LogP) is 1.67. The highest BCUT2D eigenvalue weighted by atomic mass is 16.2. The number of nitrogens with one attached hydrogen (secondary N) is 1. The second-order valence-corrected chi connectivity index (χ2v) is 6.52. The van der Waals surface area contributed by atoms with Crippen LogP contribution in [0.1, 0.15) is 17.7 Å². The van der Waals surface area contributed by atoms with Gasteiger partial charge in [-0.05, 0) is 23.4 Å². The zero-order valence-electron chi connectivity index (χ0n) is 13.6. The van der Waals surface area contributed by atoms with Gasteiger partial charge in [0.2, 0.25) is 5.91 Å². The van der Waals surface area contributed by atoms with E-state index in [2.05, 4.69) is 22.0 Å². The monoisotopic (exact) mass is 323 g/mol. The number of fused-ring (bicyclic) bond motifs is 3. The number of benzene rings is 1. The zero-order chi connectivity index (χ0) is 16.5. The fourth-order valence-electron chi connectivity index (χ4n) is 3.63.